The van der Waals surface area contributed by atoms with Crippen LogP contribution in [0.3, 0.4) is 0 Å². The van der Waals surface area contributed by atoms with Crippen LogP contribution in [-0.2, 0) is 13.5 Å². The first-order valence-corrected chi connectivity index (χ1v) is 10.6. The van der Waals surface area contributed by atoms with Gasteiger partial charge in [0.25, 0.3) is 0 Å². The molecule has 0 amide bonds. The molecule has 1 aliphatic rings. The van der Waals surface area contributed by atoms with E-state index in [-0.39, 0.29) is 18.2 Å². The SMILES string of the molecule is COc1cnc2c(C(=O)Cc3cnn(C)c3N3CCCC(N)CC3)c(N)sc2c1. The summed E-state index contributed by atoms with van der Waals surface area (Å²) in [6.45, 7) is 1.78. The maximum atomic E-state index is 13.2. The maximum Gasteiger partial charge on any atom is 0.172 e. The van der Waals surface area contributed by atoms with Crippen LogP contribution in [0.2, 0.25) is 0 Å². The van der Waals surface area contributed by atoms with Crippen LogP contribution in [0.1, 0.15) is 35.2 Å². The van der Waals surface area contributed by atoms with Crippen LogP contribution < -0.4 is 21.1 Å². The van der Waals surface area contributed by atoms with Gasteiger partial charge in [0.1, 0.15) is 11.6 Å². The van der Waals surface area contributed by atoms with Gasteiger partial charge in [-0.05, 0) is 19.3 Å². The van der Waals surface area contributed by atoms with Crippen LogP contribution in [0.4, 0.5) is 10.8 Å². The summed E-state index contributed by atoms with van der Waals surface area (Å²) in [6.07, 6.45) is 6.62. The lowest BCUT2D eigenvalue weighted by Gasteiger charge is -2.24. The zero-order valence-electron chi connectivity index (χ0n) is 16.7. The van der Waals surface area contributed by atoms with Crippen molar-refractivity contribution in [2.24, 2.45) is 12.8 Å². The second-order valence-corrected chi connectivity index (χ2v) is 8.54. The quantitative estimate of drug-likeness (QED) is 0.616. The van der Waals surface area contributed by atoms with Gasteiger partial charge >= 0.3 is 0 Å². The van der Waals surface area contributed by atoms with Crippen LogP contribution in [0, 0.1) is 0 Å². The fraction of sp³-hybridized carbons (Fsp3) is 0.450. The summed E-state index contributed by atoms with van der Waals surface area (Å²) < 4.78 is 7.91. The molecule has 1 unspecified atom stereocenters. The van der Waals surface area contributed by atoms with Crippen LogP contribution in [-0.4, -0.2) is 46.8 Å². The molecule has 8 nitrogen and oxygen atoms in total. The fourth-order valence-electron chi connectivity index (χ4n) is 3.96. The van der Waals surface area contributed by atoms with Crippen LogP contribution >= 0.6 is 11.3 Å². The van der Waals surface area contributed by atoms with Gasteiger partial charge in [0.15, 0.2) is 5.78 Å². The second kappa shape index (κ2) is 8.00. The number of fused-ring (bicyclic) bond motifs is 1. The lowest BCUT2D eigenvalue weighted by Crippen LogP contribution is -2.29. The molecule has 1 aliphatic heterocycles. The Kier molecular flexibility index (Phi) is 5.42. The summed E-state index contributed by atoms with van der Waals surface area (Å²) >= 11 is 1.36. The lowest BCUT2D eigenvalue weighted by molar-refractivity contribution is 0.0995. The van der Waals surface area contributed by atoms with Crippen molar-refractivity contribution < 1.29 is 9.53 Å². The first-order valence-electron chi connectivity index (χ1n) is 9.74. The minimum Gasteiger partial charge on any atom is -0.495 e. The van der Waals surface area contributed by atoms with E-state index in [4.69, 9.17) is 16.2 Å². The van der Waals surface area contributed by atoms with Crippen molar-refractivity contribution in [2.75, 3.05) is 30.8 Å². The van der Waals surface area contributed by atoms with E-state index in [2.05, 4.69) is 15.0 Å². The molecule has 4 rings (SSSR count). The van der Waals surface area contributed by atoms with E-state index in [9.17, 15) is 4.79 Å². The molecule has 1 saturated heterocycles. The number of nitrogens with zero attached hydrogens (tertiary/aromatic N) is 4. The predicted octanol–water partition coefficient (Wildman–Crippen LogP) is 2.36. The number of thiophene rings is 1. The van der Waals surface area contributed by atoms with E-state index in [0.29, 0.717) is 21.8 Å². The van der Waals surface area contributed by atoms with Crippen LogP contribution in [0.25, 0.3) is 10.2 Å². The number of pyridine rings is 1. The number of nitrogens with two attached hydrogens (primary N) is 2. The Balaban J connectivity index is 1.63. The number of hydrogen-bond donors (Lipinski definition) is 2. The molecule has 0 bridgehead atoms. The average Bonchev–Trinajstić information content (AvgIpc) is 3.13. The third-order valence-electron chi connectivity index (χ3n) is 5.45. The first kappa shape index (κ1) is 19.7. The topological polar surface area (TPSA) is 112 Å². The number of methoxy groups -OCH3 is 1. The van der Waals surface area contributed by atoms with Gasteiger partial charge in [0.05, 0.1) is 40.3 Å². The number of aryl methyl sites for hydroxylation is 1. The normalized spacial score (nSPS) is 17.5. The van der Waals surface area contributed by atoms with Crippen molar-refractivity contribution in [3.05, 3.63) is 29.6 Å². The van der Waals surface area contributed by atoms with Gasteiger partial charge < -0.3 is 21.1 Å². The highest BCUT2D eigenvalue weighted by atomic mass is 32.1. The highest BCUT2D eigenvalue weighted by Gasteiger charge is 2.24. The number of anilines is 2. The molecule has 0 spiro atoms. The summed E-state index contributed by atoms with van der Waals surface area (Å²) in [6, 6.07) is 2.09. The number of hydrogen-bond acceptors (Lipinski definition) is 8. The van der Waals surface area contributed by atoms with E-state index >= 15 is 0 Å². The molecule has 9 heteroatoms. The molecule has 3 aromatic rings. The number of Topliss-reactive ketones (excluding diaryl/α,β-unsaturated/α-hetero) is 1. The van der Waals surface area contributed by atoms with Gasteiger partial charge in [-0.2, -0.15) is 5.10 Å². The largest absolute Gasteiger partial charge is 0.495 e. The summed E-state index contributed by atoms with van der Waals surface area (Å²) in [5.41, 5.74) is 14.3. The molecule has 0 radical (unpaired) electrons. The zero-order valence-corrected chi connectivity index (χ0v) is 17.5. The van der Waals surface area contributed by atoms with Crippen molar-refractivity contribution in [3.8, 4) is 5.75 Å². The summed E-state index contributed by atoms with van der Waals surface area (Å²) in [7, 11) is 3.50. The van der Waals surface area contributed by atoms with Gasteiger partial charge in [0, 0.05) is 44.2 Å². The zero-order chi connectivity index (χ0) is 20.5. The monoisotopic (exact) mass is 414 g/mol. The van der Waals surface area contributed by atoms with Gasteiger partial charge in [-0.3, -0.25) is 14.5 Å². The smallest absolute Gasteiger partial charge is 0.172 e. The first-order chi connectivity index (χ1) is 14.0. The van der Waals surface area contributed by atoms with E-state index < -0.39 is 0 Å². The summed E-state index contributed by atoms with van der Waals surface area (Å²) in [5, 5.41) is 4.90. The maximum absolute atomic E-state index is 13.2. The Morgan fingerprint density at radius 2 is 2.17 bits per heavy atom. The Hall–Kier alpha value is -2.65. The lowest BCUT2D eigenvalue weighted by atomic mass is 10.0. The Morgan fingerprint density at radius 1 is 1.34 bits per heavy atom. The van der Waals surface area contributed by atoms with Crippen molar-refractivity contribution in [1.82, 2.24) is 14.8 Å². The molecule has 4 N–H and O–H groups in total. The van der Waals surface area contributed by atoms with Gasteiger partial charge in [-0.25, -0.2) is 0 Å². The number of carbonyl (C=O) groups is 1. The molecular formula is C20H26N6O2S. The van der Waals surface area contributed by atoms with Crippen molar-refractivity contribution >= 4 is 38.2 Å². The molecule has 1 atom stereocenters. The molecule has 0 saturated carbocycles. The molecule has 1 fully saturated rings. The standard InChI is InChI=1S/C20H26N6O2S/c1-25-20(26-6-3-4-13(21)5-7-26)12(10-24-25)8-15(27)17-18-16(29-19(17)22)9-14(28-2)11-23-18/h9-11,13H,3-8,21-22H2,1-2H3. The fourth-order valence-corrected chi connectivity index (χ4v) is 4.94. The molecular weight excluding hydrogens is 388 g/mol. The second-order valence-electron chi connectivity index (χ2n) is 7.46. The third kappa shape index (κ3) is 3.79. The minimum absolute atomic E-state index is 0.0489. The van der Waals surface area contributed by atoms with E-state index in [1.807, 2.05) is 17.8 Å². The summed E-state index contributed by atoms with van der Waals surface area (Å²) in [5.74, 6) is 1.58. The highest BCUT2D eigenvalue weighted by molar-refractivity contribution is 7.23. The van der Waals surface area contributed by atoms with Crippen LogP contribution in [0.5, 0.6) is 5.75 Å². The Labute approximate surface area is 173 Å². The molecule has 0 aliphatic carbocycles. The van der Waals surface area contributed by atoms with Crippen molar-refractivity contribution in [2.45, 2.75) is 31.7 Å². The molecule has 154 valence electrons. The van der Waals surface area contributed by atoms with E-state index in [0.717, 1.165) is 48.4 Å². The van der Waals surface area contributed by atoms with Crippen LogP contribution in [0.15, 0.2) is 18.5 Å². The number of ketones is 1. The molecule has 3 aromatic heterocycles. The molecule has 0 aromatic carbocycles. The summed E-state index contributed by atoms with van der Waals surface area (Å²) in [4.78, 5) is 19.9. The van der Waals surface area contributed by atoms with Gasteiger partial charge in [-0.1, -0.05) is 0 Å². The van der Waals surface area contributed by atoms with Crippen molar-refractivity contribution in [1.29, 1.82) is 0 Å². The number of ether oxygens (including phenoxy) is 1. The predicted molar refractivity (Wildman–Crippen MR) is 116 cm³/mol. The number of rotatable bonds is 5. The minimum atomic E-state index is -0.0489. The highest BCUT2D eigenvalue weighted by Crippen LogP contribution is 2.35. The number of nitrogen functional groups attached to an aromatic ring is 1. The Bertz CT molecular complexity index is 1040. The van der Waals surface area contributed by atoms with Gasteiger partial charge in [0.2, 0.25) is 0 Å². The third-order valence-corrected chi connectivity index (χ3v) is 6.40. The average molecular weight is 415 g/mol. The van der Waals surface area contributed by atoms with Gasteiger partial charge in [-0.15, -0.1) is 11.3 Å². The Morgan fingerprint density at radius 3 is 2.97 bits per heavy atom. The van der Waals surface area contributed by atoms with E-state index in [1.54, 1.807) is 19.5 Å². The molecule has 4 heterocycles. The number of aromatic nitrogens is 3. The van der Waals surface area contributed by atoms with Crippen molar-refractivity contribution in [3.63, 3.8) is 0 Å². The number of carbonyl (C=O) groups excluding carboxylic acids is 1. The van der Waals surface area contributed by atoms with E-state index in [1.165, 1.54) is 11.3 Å². The molecule has 29 heavy (non-hydrogen) atoms.